The highest BCUT2D eigenvalue weighted by atomic mass is 127. The van der Waals surface area contributed by atoms with E-state index in [-0.39, 0.29) is 0 Å². The molecule has 2 aromatic rings. The first kappa shape index (κ1) is 20.2. The normalized spacial score (nSPS) is 17.7. The first-order valence-corrected chi connectivity index (χ1v) is 10.7. The zero-order chi connectivity index (χ0) is 18.5. The minimum Gasteiger partial charge on any atom is -0.389 e. The maximum atomic E-state index is 9.90. The van der Waals surface area contributed by atoms with Crippen molar-refractivity contribution in [2.45, 2.75) is 31.5 Å². The Bertz CT molecular complexity index is 716. The van der Waals surface area contributed by atoms with Crippen LogP contribution in [0.1, 0.15) is 12.8 Å². The standard InChI is InChI=1S/C19H27ClIN3O2/c1-26-13-15(25)12-23-8-5-14(6-9-23)22-17-3-2-4-18-16(17)11-19(21)24(18)10-7-20/h2-4,11,14-15,22,25H,5-10,12-13H2,1H3. The van der Waals surface area contributed by atoms with Gasteiger partial charge in [-0.05, 0) is 53.6 Å². The molecule has 1 fully saturated rings. The lowest BCUT2D eigenvalue weighted by molar-refractivity contribution is 0.0327. The number of nitrogens with one attached hydrogen (secondary N) is 1. The molecule has 7 heteroatoms. The van der Waals surface area contributed by atoms with E-state index < -0.39 is 6.10 Å². The first-order valence-electron chi connectivity index (χ1n) is 9.12. The van der Waals surface area contributed by atoms with Gasteiger partial charge in [-0.1, -0.05) is 6.07 Å². The van der Waals surface area contributed by atoms with Crippen molar-refractivity contribution < 1.29 is 9.84 Å². The molecular formula is C19H27ClIN3O2. The molecule has 1 aromatic heterocycles. The zero-order valence-corrected chi connectivity index (χ0v) is 18.0. The Labute approximate surface area is 173 Å². The number of hydrogen-bond acceptors (Lipinski definition) is 4. The number of aryl methyl sites for hydroxylation is 1. The van der Waals surface area contributed by atoms with Crippen molar-refractivity contribution in [1.29, 1.82) is 0 Å². The van der Waals surface area contributed by atoms with E-state index in [0.29, 0.717) is 25.1 Å². The number of aliphatic hydroxyl groups excluding tert-OH is 1. The van der Waals surface area contributed by atoms with Crippen LogP contribution in [0.25, 0.3) is 10.9 Å². The smallest absolute Gasteiger partial charge is 0.0900 e. The van der Waals surface area contributed by atoms with Crippen molar-refractivity contribution >= 4 is 50.8 Å². The molecule has 2 heterocycles. The Balaban J connectivity index is 1.63. The number of benzene rings is 1. The highest BCUT2D eigenvalue weighted by Gasteiger charge is 2.21. The van der Waals surface area contributed by atoms with E-state index in [0.717, 1.165) is 32.5 Å². The van der Waals surface area contributed by atoms with Gasteiger partial charge in [0.15, 0.2) is 0 Å². The summed E-state index contributed by atoms with van der Waals surface area (Å²) in [7, 11) is 1.63. The van der Waals surface area contributed by atoms with Gasteiger partial charge in [-0.2, -0.15) is 0 Å². The number of rotatable bonds is 8. The number of aromatic nitrogens is 1. The average Bonchev–Trinajstić information content (AvgIpc) is 2.94. The first-order chi connectivity index (χ1) is 12.6. The van der Waals surface area contributed by atoms with Crippen LogP contribution in [0.5, 0.6) is 0 Å². The minimum atomic E-state index is -0.401. The third-order valence-electron chi connectivity index (χ3n) is 4.98. The maximum Gasteiger partial charge on any atom is 0.0900 e. The second-order valence-electron chi connectivity index (χ2n) is 6.87. The van der Waals surface area contributed by atoms with Gasteiger partial charge < -0.3 is 24.6 Å². The Hall–Kier alpha value is -0.540. The van der Waals surface area contributed by atoms with E-state index in [1.54, 1.807) is 7.11 Å². The molecule has 0 bridgehead atoms. The molecule has 144 valence electrons. The van der Waals surface area contributed by atoms with Crippen LogP contribution < -0.4 is 5.32 Å². The van der Waals surface area contributed by atoms with Crippen LogP contribution in [0.15, 0.2) is 24.3 Å². The number of fused-ring (bicyclic) bond motifs is 1. The third-order valence-corrected chi connectivity index (χ3v) is 6.04. The van der Waals surface area contributed by atoms with Gasteiger partial charge >= 0.3 is 0 Å². The number of hydrogen-bond donors (Lipinski definition) is 2. The minimum absolute atomic E-state index is 0.401. The van der Waals surface area contributed by atoms with E-state index in [4.69, 9.17) is 16.3 Å². The summed E-state index contributed by atoms with van der Waals surface area (Å²) in [6.07, 6.45) is 1.76. The van der Waals surface area contributed by atoms with E-state index in [1.165, 1.54) is 20.3 Å². The fraction of sp³-hybridized carbons (Fsp3) is 0.579. The number of ether oxygens (including phenoxy) is 1. The van der Waals surface area contributed by atoms with Gasteiger partial charge in [-0.25, -0.2) is 0 Å². The summed E-state index contributed by atoms with van der Waals surface area (Å²) >= 11 is 8.34. The summed E-state index contributed by atoms with van der Waals surface area (Å²) in [4.78, 5) is 2.32. The molecule has 0 saturated carbocycles. The van der Waals surface area contributed by atoms with Crippen LogP contribution in [-0.2, 0) is 11.3 Å². The molecule has 3 rings (SSSR count). The number of likely N-dealkylation sites (tertiary alicyclic amines) is 1. The molecule has 1 aliphatic heterocycles. The molecule has 0 spiro atoms. The number of methoxy groups -OCH3 is 1. The maximum absolute atomic E-state index is 9.90. The third kappa shape index (κ3) is 4.84. The van der Waals surface area contributed by atoms with Crippen molar-refractivity contribution in [2.24, 2.45) is 0 Å². The van der Waals surface area contributed by atoms with E-state index >= 15 is 0 Å². The van der Waals surface area contributed by atoms with Gasteiger partial charge in [0, 0.05) is 56.3 Å². The monoisotopic (exact) mass is 491 g/mol. The summed E-state index contributed by atoms with van der Waals surface area (Å²) in [6.45, 7) is 3.92. The lowest BCUT2D eigenvalue weighted by Gasteiger charge is -2.34. The summed E-state index contributed by atoms with van der Waals surface area (Å²) in [6, 6.07) is 9.14. The second-order valence-corrected chi connectivity index (χ2v) is 8.36. The molecular weight excluding hydrogens is 465 g/mol. The molecule has 5 nitrogen and oxygen atoms in total. The van der Waals surface area contributed by atoms with Crippen LogP contribution in [-0.4, -0.2) is 66.0 Å². The molecule has 2 N–H and O–H groups in total. The Morgan fingerprint density at radius 1 is 1.38 bits per heavy atom. The number of piperidine rings is 1. The van der Waals surface area contributed by atoms with E-state index in [1.807, 2.05) is 0 Å². The SMILES string of the molecule is COCC(O)CN1CCC(Nc2cccc3c2cc(I)n3CCCl)CC1. The lowest BCUT2D eigenvalue weighted by Crippen LogP contribution is -2.43. The van der Waals surface area contributed by atoms with Gasteiger partial charge in [0.1, 0.15) is 0 Å². The highest BCUT2D eigenvalue weighted by molar-refractivity contribution is 14.1. The number of anilines is 1. The van der Waals surface area contributed by atoms with Crippen molar-refractivity contribution in [2.75, 3.05) is 44.5 Å². The quantitative estimate of drug-likeness (QED) is 0.439. The highest BCUT2D eigenvalue weighted by Crippen LogP contribution is 2.29. The topological polar surface area (TPSA) is 49.7 Å². The molecule has 1 unspecified atom stereocenters. The van der Waals surface area contributed by atoms with Crippen LogP contribution in [0.3, 0.4) is 0 Å². The molecule has 1 saturated heterocycles. The molecule has 1 atom stereocenters. The van der Waals surface area contributed by atoms with Crippen LogP contribution in [0.4, 0.5) is 5.69 Å². The van der Waals surface area contributed by atoms with Gasteiger partial charge in [0.25, 0.3) is 0 Å². The van der Waals surface area contributed by atoms with Gasteiger partial charge in [0.05, 0.1) is 21.9 Å². The zero-order valence-electron chi connectivity index (χ0n) is 15.1. The van der Waals surface area contributed by atoms with Crippen LogP contribution in [0.2, 0.25) is 0 Å². The van der Waals surface area contributed by atoms with E-state index in [2.05, 4.69) is 61.6 Å². The number of aliphatic hydroxyl groups is 1. The Morgan fingerprint density at radius 2 is 2.15 bits per heavy atom. The van der Waals surface area contributed by atoms with Crippen molar-refractivity contribution in [3.63, 3.8) is 0 Å². The molecule has 1 aromatic carbocycles. The predicted octanol–water partition coefficient (Wildman–Crippen LogP) is 3.37. The second kappa shape index (κ2) is 9.59. The number of halogens is 2. The fourth-order valence-electron chi connectivity index (χ4n) is 3.71. The van der Waals surface area contributed by atoms with E-state index in [9.17, 15) is 5.11 Å². The molecule has 1 aliphatic rings. The van der Waals surface area contributed by atoms with Crippen molar-refractivity contribution in [3.8, 4) is 0 Å². The van der Waals surface area contributed by atoms with Gasteiger partial charge in [-0.3, -0.25) is 0 Å². The van der Waals surface area contributed by atoms with Gasteiger partial charge in [0.2, 0.25) is 0 Å². The fourth-order valence-corrected chi connectivity index (χ4v) is 4.69. The van der Waals surface area contributed by atoms with Crippen molar-refractivity contribution in [1.82, 2.24) is 9.47 Å². The Kier molecular flexibility index (Phi) is 7.45. The Morgan fingerprint density at radius 3 is 2.85 bits per heavy atom. The number of alkyl halides is 1. The lowest BCUT2D eigenvalue weighted by atomic mass is 10.0. The van der Waals surface area contributed by atoms with Crippen molar-refractivity contribution in [3.05, 3.63) is 28.0 Å². The molecule has 26 heavy (non-hydrogen) atoms. The van der Waals surface area contributed by atoms with Crippen LogP contribution in [0, 0.1) is 3.70 Å². The molecule has 0 amide bonds. The summed E-state index contributed by atoms with van der Waals surface area (Å²) < 4.78 is 8.50. The summed E-state index contributed by atoms with van der Waals surface area (Å²) in [5, 5.41) is 14.9. The molecule has 0 radical (unpaired) electrons. The summed E-state index contributed by atoms with van der Waals surface area (Å²) in [5.74, 6) is 0.616. The molecule has 0 aliphatic carbocycles. The number of β-amino-alcohol motifs (C(OH)–C–C–N with tert-alkyl or cyclic N) is 1. The predicted molar refractivity (Wildman–Crippen MR) is 116 cm³/mol. The number of nitrogens with zero attached hydrogens (tertiary/aromatic N) is 2. The largest absolute Gasteiger partial charge is 0.389 e. The average molecular weight is 492 g/mol. The summed E-state index contributed by atoms with van der Waals surface area (Å²) in [5.41, 5.74) is 2.44. The van der Waals surface area contributed by atoms with Crippen LogP contribution >= 0.6 is 34.2 Å². The van der Waals surface area contributed by atoms with Gasteiger partial charge in [-0.15, -0.1) is 11.6 Å².